The monoisotopic (exact) mass is 394 g/mol. The van der Waals surface area contributed by atoms with E-state index in [-0.39, 0.29) is 11.8 Å². The van der Waals surface area contributed by atoms with Crippen LogP contribution in [0.4, 0.5) is 0 Å². The van der Waals surface area contributed by atoms with Crippen LogP contribution in [0, 0.1) is 6.92 Å². The van der Waals surface area contributed by atoms with Crippen molar-refractivity contribution in [2.24, 2.45) is 0 Å². The molecule has 0 fully saturated rings. The van der Waals surface area contributed by atoms with Crippen molar-refractivity contribution in [1.29, 1.82) is 0 Å². The van der Waals surface area contributed by atoms with Crippen molar-refractivity contribution in [2.75, 3.05) is 13.1 Å². The molecule has 0 radical (unpaired) electrons. The summed E-state index contributed by atoms with van der Waals surface area (Å²) in [5.74, 6) is -0.401. The van der Waals surface area contributed by atoms with Gasteiger partial charge >= 0.3 is 0 Å². The van der Waals surface area contributed by atoms with Crippen LogP contribution in [0.2, 0.25) is 10.2 Å². The highest BCUT2D eigenvalue weighted by molar-refractivity contribution is 6.31. The zero-order valence-corrected chi connectivity index (χ0v) is 16.1. The molecule has 2 rings (SSSR count). The van der Waals surface area contributed by atoms with Crippen LogP contribution < -0.4 is 10.6 Å². The van der Waals surface area contributed by atoms with Crippen LogP contribution in [0.3, 0.4) is 0 Å². The van der Waals surface area contributed by atoms with Crippen molar-refractivity contribution < 1.29 is 9.59 Å². The fraction of sp³-hybridized carbons (Fsp3) is 0.278. The molecule has 2 N–H and O–H groups in total. The lowest BCUT2D eigenvalue weighted by Crippen LogP contribution is -2.32. The number of nitrogens with zero attached hydrogens (tertiary/aromatic N) is 2. The summed E-state index contributed by atoms with van der Waals surface area (Å²) < 4.78 is 1.68. The summed E-state index contributed by atoms with van der Waals surface area (Å²) in [5.41, 5.74) is 2.44. The van der Waals surface area contributed by atoms with E-state index in [2.05, 4.69) is 15.7 Å². The fourth-order valence-corrected chi connectivity index (χ4v) is 2.69. The van der Waals surface area contributed by atoms with Gasteiger partial charge in [-0.1, -0.05) is 35.3 Å². The number of carbonyl (C=O) groups excluding carboxylic acids is 2. The summed E-state index contributed by atoms with van der Waals surface area (Å²) in [6.07, 6.45) is 3.03. The average Bonchev–Trinajstić information content (AvgIpc) is 2.85. The third-order valence-electron chi connectivity index (χ3n) is 3.55. The van der Waals surface area contributed by atoms with Gasteiger partial charge < -0.3 is 10.6 Å². The summed E-state index contributed by atoms with van der Waals surface area (Å²) in [6, 6.07) is 7.45. The Morgan fingerprint density at radius 3 is 2.46 bits per heavy atom. The van der Waals surface area contributed by atoms with Gasteiger partial charge in [-0.15, -0.1) is 0 Å². The van der Waals surface area contributed by atoms with E-state index in [1.807, 2.05) is 31.2 Å². The molecule has 1 aromatic carbocycles. The lowest BCUT2D eigenvalue weighted by molar-refractivity contribution is -0.119. The number of rotatable bonds is 7. The first-order chi connectivity index (χ1) is 12.4. The normalized spacial score (nSPS) is 10.9. The summed E-state index contributed by atoms with van der Waals surface area (Å²) in [4.78, 5) is 22.6. The number of amides is 2. The topological polar surface area (TPSA) is 76.0 Å². The average molecular weight is 395 g/mol. The fourth-order valence-electron chi connectivity index (χ4n) is 2.27. The zero-order chi connectivity index (χ0) is 19.1. The maximum atomic E-state index is 11.8. The molecule has 0 bridgehead atoms. The van der Waals surface area contributed by atoms with Gasteiger partial charge in [0, 0.05) is 36.7 Å². The number of benzene rings is 1. The van der Waals surface area contributed by atoms with Gasteiger partial charge in [-0.05, 0) is 30.7 Å². The first-order valence-electron chi connectivity index (χ1n) is 8.04. The van der Waals surface area contributed by atoms with Crippen molar-refractivity contribution in [3.05, 3.63) is 57.3 Å². The van der Waals surface area contributed by atoms with E-state index < -0.39 is 0 Å². The molecule has 8 heteroatoms. The number of nitrogens with one attached hydrogen (secondary N) is 2. The molecular formula is C18H20Cl2N4O2. The number of hydrogen-bond donors (Lipinski definition) is 2. The Morgan fingerprint density at radius 2 is 1.81 bits per heavy atom. The van der Waals surface area contributed by atoms with Gasteiger partial charge in [-0.25, -0.2) is 4.68 Å². The van der Waals surface area contributed by atoms with E-state index in [4.69, 9.17) is 23.2 Å². The third-order valence-corrected chi connectivity index (χ3v) is 4.21. The van der Waals surface area contributed by atoms with E-state index in [9.17, 15) is 9.59 Å². The quantitative estimate of drug-likeness (QED) is 0.559. The van der Waals surface area contributed by atoms with Crippen LogP contribution in [0.15, 0.2) is 30.3 Å². The number of carbonyl (C=O) groups is 2. The second-order valence-corrected chi connectivity index (χ2v) is 6.48. The van der Waals surface area contributed by atoms with Crippen molar-refractivity contribution in [3.63, 3.8) is 0 Å². The van der Waals surface area contributed by atoms with E-state index in [0.29, 0.717) is 35.4 Å². The Bertz CT molecular complexity index is 813. The largest absolute Gasteiger partial charge is 0.355 e. The van der Waals surface area contributed by atoms with E-state index in [1.165, 1.54) is 13.0 Å². The smallest absolute Gasteiger partial charge is 0.244 e. The van der Waals surface area contributed by atoms with Crippen molar-refractivity contribution >= 4 is 41.1 Å². The Labute approximate surface area is 162 Å². The summed E-state index contributed by atoms with van der Waals surface area (Å²) in [5, 5.41) is 10.8. The molecule has 0 unspecified atom stereocenters. The Morgan fingerprint density at radius 1 is 1.15 bits per heavy atom. The molecular weight excluding hydrogens is 375 g/mol. The van der Waals surface area contributed by atoms with Gasteiger partial charge in [0.25, 0.3) is 0 Å². The molecule has 0 aliphatic rings. The SMILES string of the molecule is CC(=O)NCCNC(=O)C=Cc1c(C)nn(Cc2ccc(Cl)cc2)c1Cl. The molecule has 1 aromatic heterocycles. The molecule has 138 valence electrons. The second-order valence-electron chi connectivity index (χ2n) is 5.68. The Kier molecular flexibility index (Phi) is 7.24. The van der Waals surface area contributed by atoms with Gasteiger partial charge in [0.15, 0.2) is 0 Å². The van der Waals surface area contributed by atoms with Crippen LogP contribution in [0.25, 0.3) is 6.08 Å². The van der Waals surface area contributed by atoms with Crippen LogP contribution in [-0.4, -0.2) is 34.7 Å². The van der Waals surface area contributed by atoms with Crippen molar-refractivity contribution in [1.82, 2.24) is 20.4 Å². The van der Waals surface area contributed by atoms with Crippen molar-refractivity contribution in [3.8, 4) is 0 Å². The minimum Gasteiger partial charge on any atom is -0.355 e. The molecule has 0 aliphatic heterocycles. The standard InChI is InChI=1S/C18H20Cl2N4O2/c1-12-16(7-8-17(26)22-10-9-21-13(2)25)18(20)24(23-12)11-14-3-5-15(19)6-4-14/h3-8H,9-11H2,1-2H3,(H,21,25)(H,22,26). The van der Waals surface area contributed by atoms with Gasteiger partial charge in [0.05, 0.1) is 12.2 Å². The highest BCUT2D eigenvalue weighted by atomic mass is 35.5. The lowest BCUT2D eigenvalue weighted by Gasteiger charge is -2.04. The third kappa shape index (κ3) is 5.89. The summed E-state index contributed by atoms with van der Waals surface area (Å²) in [6.45, 7) is 4.50. The minimum absolute atomic E-state index is 0.134. The first-order valence-corrected chi connectivity index (χ1v) is 8.80. The molecule has 2 amide bonds. The van der Waals surface area contributed by atoms with Gasteiger partial charge in [0.1, 0.15) is 5.15 Å². The van der Waals surface area contributed by atoms with Gasteiger partial charge in [-0.3, -0.25) is 9.59 Å². The molecule has 2 aromatic rings. The number of aromatic nitrogens is 2. The number of aryl methyl sites for hydroxylation is 1. The molecule has 0 aliphatic carbocycles. The zero-order valence-electron chi connectivity index (χ0n) is 14.6. The van der Waals surface area contributed by atoms with Crippen LogP contribution in [0.5, 0.6) is 0 Å². The van der Waals surface area contributed by atoms with E-state index >= 15 is 0 Å². The van der Waals surface area contributed by atoms with Crippen LogP contribution in [0.1, 0.15) is 23.7 Å². The Hall–Kier alpha value is -2.31. The van der Waals surface area contributed by atoms with Gasteiger partial charge in [0.2, 0.25) is 11.8 Å². The van der Waals surface area contributed by atoms with Crippen LogP contribution >= 0.6 is 23.2 Å². The molecule has 0 saturated heterocycles. The highest BCUT2D eigenvalue weighted by Gasteiger charge is 2.11. The van der Waals surface area contributed by atoms with Crippen LogP contribution in [-0.2, 0) is 16.1 Å². The Balaban J connectivity index is 1.99. The summed E-state index contributed by atoms with van der Waals surface area (Å²) >= 11 is 12.3. The molecule has 26 heavy (non-hydrogen) atoms. The lowest BCUT2D eigenvalue weighted by atomic mass is 10.2. The maximum Gasteiger partial charge on any atom is 0.244 e. The maximum absolute atomic E-state index is 11.8. The van der Waals surface area contributed by atoms with Crippen molar-refractivity contribution in [2.45, 2.75) is 20.4 Å². The minimum atomic E-state index is -0.267. The number of halogens is 2. The van der Waals surface area contributed by atoms with E-state index in [0.717, 1.165) is 11.3 Å². The second kappa shape index (κ2) is 9.40. The molecule has 1 heterocycles. The number of hydrogen-bond acceptors (Lipinski definition) is 3. The molecule has 0 saturated carbocycles. The molecule has 0 atom stereocenters. The highest BCUT2D eigenvalue weighted by Crippen LogP contribution is 2.22. The molecule has 6 nitrogen and oxygen atoms in total. The first kappa shape index (κ1) is 20.0. The molecule has 0 spiro atoms. The van der Waals surface area contributed by atoms with E-state index in [1.54, 1.807) is 10.8 Å². The summed E-state index contributed by atoms with van der Waals surface area (Å²) in [7, 11) is 0. The van der Waals surface area contributed by atoms with Gasteiger partial charge in [-0.2, -0.15) is 5.10 Å². The predicted molar refractivity (Wildman–Crippen MR) is 103 cm³/mol. The predicted octanol–water partition coefficient (Wildman–Crippen LogP) is 2.81.